The smallest absolute Gasteiger partial charge is 0.0708 e. The molecule has 16 heavy (non-hydrogen) atoms. The molecule has 4 heterocycles. The van der Waals surface area contributed by atoms with Gasteiger partial charge in [-0.1, -0.05) is 47.0 Å². The van der Waals surface area contributed by atoms with Crippen molar-refractivity contribution in [2.45, 2.75) is 16.2 Å². The maximum Gasteiger partial charge on any atom is 0.0708 e. The molecule has 0 unspecified atom stereocenters. The minimum atomic E-state index is 1.28. The number of rotatable bonds is 0. The maximum atomic E-state index is 2.26. The lowest BCUT2D eigenvalue weighted by Gasteiger charge is -2.02. The molecule has 0 saturated carbocycles. The SMILES string of the molecule is c1scc2c1SC(=C1SC3=C(SCC3)S1)S2. The van der Waals surface area contributed by atoms with E-state index in [4.69, 9.17) is 0 Å². The highest BCUT2D eigenvalue weighted by molar-refractivity contribution is 8.38. The maximum absolute atomic E-state index is 2.26. The van der Waals surface area contributed by atoms with Gasteiger partial charge in [0.25, 0.3) is 0 Å². The van der Waals surface area contributed by atoms with Gasteiger partial charge in [0.05, 0.1) is 12.7 Å². The standard InChI is InChI=1S/C10H6S6/c1-2-12-8-5(1)13-10(16-8)9-14-6-3-11-4-7(6)15-9/h3-4H,1-2H2. The first-order chi connectivity index (χ1) is 7.90. The van der Waals surface area contributed by atoms with Crippen LogP contribution in [-0.4, -0.2) is 5.75 Å². The Labute approximate surface area is 119 Å². The van der Waals surface area contributed by atoms with Crippen molar-refractivity contribution >= 4 is 70.1 Å². The van der Waals surface area contributed by atoms with Crippen molar-refractivity contribution in [3.05, 3.63) is 28.4 Å². The van der Waals surface area contributed by atoms with E-state index in [1.165, 1.54) is 30.4 Å². The Morgan fingerprint density at radius 2 is 1.56 bits per heavy atom. The molecule has 0 saturated heterocycles. The van der Waals surface area contributed by atoms with E-state index in [1.54, 1.807) is 9.14 Å². The van der Waals surface area contributed by atoms with Crippen molar-refractivity contribution in [3.8, 4) is 0 Å². The topological polar surface area (TPSA) is 0 Å². The Morgan fingerprint density at radius 3 is 2.31 bits per heavy atom. The summed E-state index contributed by atoms with van der Waals surface area (Å²) in [5.74, 6) is 1.29. The molecule has 0 aliphatic carbocycles. The van der Waals surface area contributed by atoms with Crippen molar-refractivity contribution in [1.82, 2.24) is 0 Å². The Bertz CT molecular complexity index is 483. The van der Waals surface area contributed by atoms with Gasteiger partial charge < -0.3 is 0 Å². The van der Waals surface area contributed by atoms with Crippen LogP contribution < -0.4 is 0 Å². The zero-order chi connectivity index (χ0) is 10.5. The largest absolute Gasteiger partial charge is 0.150 e. The van der Waals surface area contributed by atoms with E-state index in [1.807, 2.05) is 70.1 Å². The van der Waals surface area contributed by atoms with Crippen molar-refractivity contribution < 1.29 is 0 Å². The molecule has 0 atom stereocenters. The summed E-state index contributed by atoms with van der Waals surface area (Å²) in [5, 5.41) is 4.53. The second kappa shape index (κ2) is 4.24. The van der Waals surface area contributed by atoms with Crippen molar-refractivity contribution in [3.63, 3.8) is 0 Å². The molecule has 0 N–H and O–H groups in total. The third-order valence-corrected chi connectivity index (χ3v) is 10.6. The first-order valence-corrected chi connectivity index (χ1v) is 9.97. The summed E-state index contributed by atoms with van der Waals surface area (Å²) in [6.45, 7) is 0. The number of hydrogen-bond donors (Lipinski definition) is 0. The second-order valence-corrected chi connectivity index (χ2v) is 10.2. The fourth-order valence-electron chi connectivity index (χ4n) is 1.62. The summed E-state index contributed by atoms with van der Waals surface area (Å²) in [5.41, 5.74) is 0. The third kappa shape index (κ3) is 1.73. The van der Waals surface area contributed by atoms with Crippen LogP contribution in [-0.2, 0) is 0 Å². The highest BCUT2D eigenvalue weighted by Gasteiger charge is 2.31. The number of thiophene rings is 1. The van der Waals surface area contributed by atoms with Gasteiger partial charge in [0.1, 0.15) is 0 Å². The molecule has 0 spiro atoms. The second-order valence-electron chi connectivity index (χ2n) is 3.39. The highest BCUT2D eigenvalue weighted by Crippen LogP contribution is 2.64. The third-order valence-electron chi connectivity index (χ3n) is 2.36. The lowest BCUT2D eigenvalue weighted by Crippen LogP contribution is -1.73. The van der Waals surface area contributed by atoms with Gasteiger partial charge in [-0.2, -0.15) is 11.3 Å². The highest BCUT2D eigenvalue weighted by atomic mass is 32.2. The Morgan fingerprint density at radius 1 is 0.812 bits per heavy atom. The molecule has 3 aliphatic heterocycles. The average molecular weight is 319 g/mol. The van der Waals surface area contributed by atoms with Crippen LogP contribution >= 0.6 is 70.1 Å². The van der Waals surface area contributed by atoms with Crippen LogP contribution in [0, 0.1) is 0 Å². The fourth-order valence-corrected chi connectivity index (χ4v) is 10.0. The number of hydrogen-bond acceptors (Lipinski definition) is 6. The molecule has 0 radical (unpaired) electrons. The minimum Gasteiger partial charge on any atom is -0.150 e. The molecule has 3 aliphatic rings. The van der Waals surface area contributed by atoms with Crippen LogP contribution in [0.2, 0.25) is 0 Å². The molecule has 0 aromatic carbocycles. The van der Waals surface area contributed by atoms with E-state index >= 15 is 0 Å². The Kier molecular flexibility index (Phi) is 2.87. The van der Waals surface area contributed by atoms with Crippen LogP contribution in [0.5, 0.6) is 0 Å². The minimum absolute atomic E-state index is 1.28. The van der Waals surface area contributed by atoms with Crippen LogP contribution in [0.1, 0.15) is 6.42 Å². The molecule has 4 rings (SSSR count). The first kappa shape index (κ1) is 10.8. The van der Waals surface area contributed by atoms with E-state index in [0.29, 0.717) is 0 Å². The zero-order valence-corrected chi connectivity index (χ0v) is 12.9. The first-order valence-electron chi connectivity index (χ1n) is 4.78. The van der Waals surface area contributed by atoms with Gasteiger partial charge in [-0.3, -0.25) is 0 Å². The van der Waals surface area contributed by atoms with E-state index in [2.05, 4.69) is 10.8 Å². The van der Waals surface area contributed by atoms with Gasteiger partial charge in [0.15, 0.2) is 0 Å². The average Bonchev–Trinajstić information content (AvgIpc) is 2.94. The summed E-state index contributed by atoms with van der Waals surface area (Å²) in [6.07, 6.45) is 1.28. The number of thioether (sulfide) groups is 5. The van der Waals surface area contributed by atoms with Crippen molar-refractivity contribution in [1.29, 1.82) is 0 Å². The fraction of sp³-hybridized carbons (Fsp3) is 0.200. The van der Waals surface area contributed by atoms with Crippen LogP contribution in [0.4, 0.5) is 0 Å². The van der Waals surface area contributed by atoms with Gasteiger partial charge in [0.2, 0.25) is 0 Å². The summed E-state index contributed by atoms with van der Waals surface area (Å²) < 4.78 is 4.60. The van der Waals surface area contributed by atoms with E-state index < -0.39 is 0 Å². The van der Waals surface area contributed by atoms with Gasteiger partial charge in [-0.25, -0.2) is 0 Å². The van der Waals surface area contributed by atoms with Crippen LogP contribution in [0.25, 0.3) is 0 Å². The van der Waals surface area contributed by atoms with Gasteiger partial charge in [-0.05, 0) is 6.42 Å². The molecular formula is C10H6S6. The zero-order valence-electron chi connectivity index (χ0n) is 8.02. The van der Waals surface area contributed by atoms with Crippen molar-refractivity contribution in [2.75, 3.05) is 5.75 Å². The normalized spacial score (nSPS) is 23.2. The molecule has 1 aromatic heterocycles. The Hall–Kier alpha value is 0.930. The quantitative estimate of drug-likeness (QED) is 0.586. The summed E-state index contributed by atoms with van der Waals surface area (Å²) >= 11 is 11.8. The van der Waals surface area contributed by atoms with Gasteiger partial charge >= 0.3 is 0 Å². The Balaban J connectivity index is 1.62. The lowest BCUT2D eigenvalue weighted by atomic mass is 10.5. The molecular weight excluding hydrogens is 313 g/mol. The lowest BCUT2D eigenvalue weighted by molar-refractivity contribution is 1.25. The molecule has 6 heteroatoms. The molecule has 0 bridgehead atoms. The monoisotopic (exact) mass is 318 g/mol. The summed E-state index contributed by atoms with van der Waals surface area (Å²) in [6, 6.07) is 0. The van der Waals surface area contributed by atoms with Gasteiger partial charge in [0, 0.05) is 31.2 Å². The molecule has 0 fully saturated rings. The predicted octanol–water partition coefficient (Wildman–Crippen LogP) is 5.86. The number of fused-ring (bicyclic) bond motifs is 1. The van der Waals surface area contributed by atoms with E-state index in [0.717, 1.165) is 0 Å². The van der Waals surface area contributed by atoms with Crippen molar-refractivity contribution in [2.24, 2.45) is 0 Å². The van der Waals surface area contributed by atoms with Gasteiger partial charge in [-0.15, -0.1) is 11.8 Å². The molecule has 82 valence electrons. The molecule has 0 amide bonds. The van der Waals surface area contributed by atoms with E-state index in [-0.39, 0.29) is 0 Å². The van der Waals surface area contributed by atoms with Crippen LogP contribution in [0.15, 0.2) is 38.2 Å². The van der Waals surface area contributed by atoms with Crippen LogP contribution in [0.3, 0.4) is 0 Å². The number of allylic oxidation sites excluding steroid dienone is 1. The summed E-state index contributed by atoms with van der Waals surface area (Å²) in [7, 11) is 0. The molecule has 1 aromatic rings. The molecule has 0 nitrogen and oxygen atoms in total. The van der Waals surface area contributed by atoms with E-state index in [9.17, 15) is 0 Å². The predicted molar refractivity (Wildman–Crippen MR) is 82.3 cm³/mol. The summed E-state index contributed by atoms with van der Waals surface area (Å²) in [4.78, 5) is 4.53.